The molecule has 0 aliphatic carbocycles. The fourth-order valence-corrected chi connectivity index (χ4v) is 2.18. The van der Waals surface area contributed by atoms with E-state index in [-0.39, 0.29) is 12.1 Å². The lowest BCUT2D eigenvalue weighted by Crippen LogP contribution is -2.44. The Morgan fingerprint density at radius 1 is 1.26 bits per heavy atom. The summed E-state index contributed by atoms with van der Waals surface area (Å²) in [5, 5.41) is 5.84. The molecule has 2 rings (SSSR count). The predicted octanol–water partition coefficient (Wildman–Crippen LogP) is 1.91. The van der Waals surface area contributed by atoms with Crippen molar-refractivity contribution in [3.8, 4) is 5.75 Å². The number of amides is 2. The highest BCUT2D eigenvalue weighted by atomic mass is 16.5. The summed E-state index contributed by atoms with van der Waals surface area (Å²) in [7, 11) is 3.73. The maximum atomic E-state index is 11.8. The predicted molar refractivity (Wildman–Crippen MR) is 75.7 cm³/mol. The number of ether oxygens (including phenoxy) is 1. The van der Waals surface area contributed by atoms with Gasteiger partial charge in [0.1, 0.15) is 5.75 Å². The van der Waals surface area contributed by atoms with Gasteiger partial charge in [-0.2, -0.15) is 0 Å². The number of benzene rings is 1. The van der Waals surface area contributed by atoms with Crippen molar-refractivity contribution >= 4 is 11.7 Å². The van der Waals surface area contributed by atoms with Crippen LogP contribution in [0.1, 0.15) is 12.8 Å². The summed E-state index contributed by atoms with van der Waals surface area (Å²) in [4.78, 5) is 14.1. The molecule has 2 N–H and O–H groups in total. The first-order valence-corrected chi connectivity index (χ1v) is 6.57. The summed E-state index contributed by atoms with van der Waals surface area (Å²) in [6.07, 6.45) is 2.01. The van der Waals surface area contributed by atoms with Crippen LogP contribution in [-0.4, -0.2) is 44.2 Å². The van der Waals surface area contributed by atoms with E-state index in [2.05, 4.69) is 22.6 Å². The van der Waals surface area contributed by atoms with Crippen molar-refractivity contribution in [2.45, 2.75) is 18.9 Å². The minimum absolute atomic E-state index is 0.139. The molecule has 1 aliphatic rings. The Labute approximate surface area is 113 Å². The van der Waals surface area contributed by atoms with Gasteiger partial charge in [0, 0.05) is 11.7 Å². The van der Waals surface area contributed by atoms with Crippen LogP contribution >= 0.6 is 0 Å². The topological polar surface area (TPSA) is 53.6 Å². The van der Waals surface area contributed by atoms with Crippen molar-refractivity contribution in [2.75, 3.05) is 32.6 Å². The third-order valence-corrected chi connectivity index (χ3v) is 3.40. The Kier molecular flexibility index (Phi) is 4.63. The Hall–Kier alpha value is -1.75. The molecular weight excluding hydrogens is 242 g/mol. The van der Waals surface area contributed by atoms with Crippen molar-refractivity contribution in [2.24, 2.45) is 0 Å². The molecule has 1 aliphatic heterocycles. The maximum Gasteiger partial charge on any atom is 0.319 e. The molecule has 0 spiro atoms. The van der Waals surface area contributed by atoms with Crippen LogP contribution in [0, 0.1) is 0 Å². The minimum Gasteiger partial charge on any atom is -0.497 e. The molecule has 5 heteroatoms. The summed E-state index contributed by atoms with van der Waals surface area (Å²) >= 11 is 0. The Morgan fingerprint density at radius 3 is 2.47 bits per heavy atom. The van der Waals surface area contributed by atoms with Gasteiger partial charge in [0.2, 0.25) is 0 Å². The number of likely N-dealkylation sites (tertiary alicyclic amines) is 1. The van der Waals surface area contributed by atoms with Gasteiger partial charge >= 0.3 is 6.03 Å². The molecule has 0 atom stereocenters. The van der Waals surface area contributed by atoms with Crippen molar-refractivity contribution in [1.29, 1.82) is 0 Å². The van der Waals surface area contributed by atoms with Crippen LogP contribution in [0.25, 0.3) is 0 Å². The molecule has 1 fully saturated rings. The minimum atomic E-state index is -0.139. The molecule has 0 bridgehead atoms. The molecule has 104 valence electrons. The number of anilines is 1. The van der Waals surface area contributed by atoms with Gasteiger partial charge in [0.25, 0.3) is 0 Å². The molecule has 0 radical (unpaired) electrons. The van der Waals surface area contributed by atoms with E-state index in [0.717, 1.165) is 37.4 Å². The van der Waals surface area contributed by atoms with Crippen LogP contribution in [0.2, 0.25) is 0 Å². The molecule has 0 aromatic heterocycles. The fraction of sp³-hybridized carbons (Fsp3) is 0.500. The first-order chi connectivity index (χ1) is 9.17. The number of methoxy groups -OCH3 is 1. The number of carbonyl (C=O) groups is 1. The SMILES string of the molecule is COc1ccc(NC(=O)NC2CCN(C)CC2)cc1. The van der Waals surface area contributed by atoms with Gasteiger partial charge in [-0.1, -0.05) is 0 Å². The van der Waals surface area contributed by atoms with Crippen molar-refractivity contribution in [3.63, 3.8) is 0 Å². The van der Waals surface area contributed by atoms with E-state index in [1.165, 1.54) is 0 Å². The molecule has 1 aromatic carbocycles. The van der Waals surface area contributed by atoms with Crippen LogP contribution in [0.4, 0.5) is 10.5 Å². The molecule has 0 saturated carbocycles. The quantitative estimate of drug-likeness (QED) is 0.876. The van der Waals surface area contributed by atoms with Crippen LogP contribution in [0.5, 0.6) is 5.75 Å². The van der Waals surface area contributed by atoms with E-state index in [1.807, 2.05) is 24.3 Å². The second-order valence-corrected chi connectivity index (χ2v) is 4.90. The number of piperidine rings is 1. The monoisotopic (exact) mass is 263 g/mol. The highest BCUT2D eigenvalue weighted by molar-refractivity contribution is 5.89. The lowest BCUT2D eigenvalue weighted by atomic mass is 10.1. The van der Waals surface area contributed by atoms with Gasteiger partial charge in [-0.25, -0.2) is 4.79 Å². The van der Waals surface area contributed by atoms with Crippen LogP contribution < -0.4 is 15.4 Å². The number of carbonyl (C=O) groups excluding carboxylic acids is 1. The standard InChI is InChI=1S/C14H21N3O2/c1-17-9-7-12(8-10-17)16-14(18)15-11-3-5-13(19-2)6-4-11/h3-6,12H,7-10H2,1-2H3,(H2,15,16,18). The smallest absolute Gasteiger partial charge is 0.319 e. The van der Waals surface area contributed by atoms with Gasteiger partial charge < -0.3 is 20.3 Å². The first kappa shape index (κ1) is 13.7. The molecule has 1 aromatic rings. The zero-order valence-electron chi connectivity index (χ0n) is 11.5. The third kappa shape index (κ3) is 4.13. The Balaban J connectivity index is 1.80. The largest absolute Gasteiger partial charge is 0.497 e. The summed E-state index contributed by atoms with van der Waals surface area (Å²) in [5.74, 6) is 0.779. The van der Waals surface area contributed by atoms with E-state index in [1.54, 1.807) is 7.11 Å². The van der Waals surface area contributed by atoms with Gasteiger partial charge in [-0.3, -0.25) is 0 Å². The van der Waals surface area contributed by atoms with Crippen LogP contribution in [-0.2, 0) is 0 Å². The van der Waals surface area contributed by atoms with Crippen LogP contribution in [0.15, 0.2) is 24.3 Å². The van der Waals surface area contributed by atoms with Crippen LogP contribution in [0.3, 0.4) is 0 Å². The molecule has 19 heavy (non-hydrogen) atoms. The Bertz CT molecular complexity index is 411. The number of nitrogens with one attached hydrogen (secondary N) is 2. The summed E-state index contributed by atoms with van der Waals surface area (Å²) in [6.45, 7) is 2.07. The highest BCUT2D eigenvalue weighted by Gasteiger charge is 2.18. The zero-order chi connectivity index (χ0) is 13.7. The number of rotatable bonds is 3. The van der Waals surface area contributed by atoms with Crippen molar-refractivity contribution in [3.05, 3.63) is 24.3 Å². The maximum absolute atomic E-state index is 11.8. The molecule has 0 unspecified atom stereocenters. The van der Waals surface area contributed by atoms with Gasteiger partial charge in [-0.15, -0.1) is 0 Å². The lowest BCUT2D eigenvalue weighted by molar-refractivity contribution is 0.221. The second-order valence-electron chi connectivity index (χ2n) is 4.90. The average molecular weight is 263 g/mol. The molecule has 5 nitrogen and oxygen atoms in total. The number of hydrogen-bond acceptors (Lipinski definition) is 3. The molecule has 1 heterocycles. The van der Waals surface area contributed by atoms with E-state index >= 15 is 0 Å². The van der Waals surface area contributed by atoms with Crippen molar-refractivity contribution in [1.82, 2.24) is 10.2 Å². The van der Waals surface area contributed by atoms with E-state index < -0.39 is 0 Å². The molecule has 2 amide bonds. The number of urea groups is 1. The number of hydrogen-bond donors (Lipinski definition) is 2. The third-order valence-electron chi connectivity index (χ3n) is 3.40. The van der Waals surface area contributed by atoms with E-state index in [9.17, 15) is 4.79 Å². The summed E-state index contributed by atoms with van der Waals surface area (Å²) in [5.41, 5.74) is 0.770. The molecule has 1 saturated heterocycles. The zero-order valence-corrected chi connectivity index (χ0v) is 11.5. The molecular formula is C14H21N3O2. The normalized spacial score (nSPS) is 16.9. The van der Waals surface area contributed by atoms with Gasteiger partial charge in [-0.05, 0) is 57.2 Å². The number of nitrogens with zero attached hydrogens (tertiary/aromatic N) is 1. The van der Waals surface area contributed by atoms with Gasteiger partial charge in [0.05, 0.1) is 7.11 Å². The van der Waals surface area contributed by atoms with Crippen molar-refractivity contribution < 1.29 is 9.53 Å². The lowest BCUT2D eigenvalue weighted by Gasteiger charge is -2.29. The fourth-order valence-electron chi connectivity index (χ4n) is 2.18. The summed E-state index contributed by atoms with van der Waals surface area (Å²) < 4.78 is 5.07. The van der Waals surface area contributed by atoms with Gasteiger partial charge in [0.15, 0.2) is 0 Å². The Morgan fingerprint density at radius 2 is 1.89 bits per heavy atom. The van der Waals surface area contributed by atoms with E-state index in [0.29, 0.717) is 0 Å². The summed E-state index contributed by atoms with van der Waals surface area (Å²) in [6, 6.07) is 7.44. The average Bonchev–Trinajstić information content (AvgIpc) is 2.42. The first-order valence-electron chi connectivity index (χ1n) is 6.57. The van der Waals surface area contributed by atoms with E-state index in [4.69, 9.17) is 4.74 Å². The highest BCUT2D eigenvalue weighted by Crippen LogP contribution is 2.15. The second kappa shape index (κ2) is 6.43.